The molecular weight excluding hydrogens is 220 g/mol. The lowest BCUT2D eigenvalue weighted by Crippen LogP contribution is -2.67. The molecule has 1 aliphatic heterocycles. The highest BCUT2D eigenvalue weighted by Crippen LogP contribution is 2.32. The summed E-state index contributed by atoms with van der Waals surface area (Å²) in [6.45, 7) is 18.8. The van der Waals surface area contributed by atoms with Crippen molar-refractivity contribution in [2.45, 2.75) is 85.4 Å². The Bertz CT molecular complexity index is 252. The fourth-order valence-electron chi connectivity index (χ4n) is 3.15. The molecule has 2 nitrogen and oxygen atoms in total. The third kappa shape index (κ3) is 3.27. The van der Waals surface area contributed by atoms with E-state index in [1.807, 2.05) is 0 Å². The Morgan fingerprint density at radius 3 is 2.17 bits per heavy atom. The summed E-state index contributed by atoms with van der Waals surface area (Å²) < 4.78 is 0. The average Bonchev–Trinajstić information content (AvgIpc) is 2.31. The second kappa shape index (κ2) is 5.92. The molecule has 1 fully saturated rings. The number of rotatable bonds is 4. The normalized spacial score (nSPS) is 31.0. The monoisotopic (exact) mass is 254 g/mol. The number of nitrogens with one attached hydrogen (secondary N) is 1. The van der Waals surface area contributed by atoms with Crippen LogP contribution in [0, 0.1) is 5.41 Å². The van der Waals surface area contributed by atoms with Gasteiger partial charge in [-0.2, -0.15) is 0 Å². The Labute approximate surface area is 115 Å². The molecule has 1 heterocycles. The summed E-state index contributed by atoms with van der Waals surface area (Å²) >= 11 is 0. The van der Waals surface area contributed by atoms with Crippen LogP contribution in [0.3, 0.4) is 0 Å². The van der Waals surface area contributed by atoms with Gasteiger partial charge in [-0.1, -0.05) is 41.5 Å². The molecule has 0 spiro atoms. The zero-order valence-electron chi connectivity index (χ0n) is 13.6. The maximum absolute atomic E-state index is 3.79. The fraction of sp³-hybridized carbons (Fsp3) is 1.00. The lowest BCUT2D eigenvalue weighted by molar-refractivity contribution is -0.0131. The Hall–Kier alpha value is -0.0800. The van der Waals surface area contributed by atoms with Crippen LogP contribution in [0.15, 0.2) is 0 Å². The maximum Gasteiger partial charge on any atom is 0.0306 e. The van der Waals surface area contributed by atoms with Crippen LogP contribution < -0.4 is 5.32 Å². The molecule has 0 aromatic rings. The molecule has 2 heteroatoms. The third-order valence-electron chi connectivity index (χ3n) is 4.99. The highest BCUT2D eigenvalue weighted by molar-refractivity contribution is 5.00. The molecular formula is C16H34N2. The molecule has 0 saturated carbocycles. The summed E-state index contributed by atoms with van der Waals surface area (Å²) in [5, 5.41) is 3.79. The summed E-state index contributed by atoms with van der Waals surface area (Å²) in [7, 11) is 0. The Morgan fingerprint density at radius 2 is 1.78 bits per heavy atom. The first-order valence-corrected chi connectivity index (χ1v) is 7.78. The molecule has 0 aliphatic carbocycles. The van der Waals surface area contributed by atoms with E-state index in [1.54, 1.807) is 0 Å². The van der Waals surface area contributed by atoms with E-state index in [-0.39, 0.29) is 0 Å². The zero-order valence-corrected chi connectivity index (χ0v) is 13.6. The highest BCUT2D eigenvalue weighted by atomic mass is 15.3. The smallest absolute Gasteiger partial charge is 0.0306 e. The largest absolute Gasteiger partial charge is 0.310 e. The number of nitrogens with zero attached hydrogens (tertiary/aromatic N) is 1. The Balaban J connectivity index is 2.90. The predicted octanol–water partition coefficient (Wildman–Crippen LogP) is 3.66. The first-order valence-electron chi connectivity index (χ1n) is 7.78. The van der Waals surface area contributed by atoms with Crippen molar-refractivity contribution in [3.8, 4) is 0 Å². The van der Waals surface area contributed by atoms with Crippen molar-refractivity contribution in [2.75, 3.05) is 13.1 Å². The van der Waals surface area contributed by atoms with Crippen molar-refractivity contribution in [1.29, 1.82) is 0 Å². The predicted molar refractivity (Wildman–Crippen MR) is 81.0 cm³/mol. The standard InChI is InChI=1S/C16H34N2/c1-8-13(9-2)18-11-14(15(4,5)6)17-12-16(18,7)10-3/h13-14,17H,8-12H2,1-7H3. The van der Waals surface area contributed by atoms with Crippen LogP contribution in [0.4, 0.5) is 0 Å². The molecule has 0 radical (unpaired) electrons. The van der Waals surface area contributed by atoms with Crippen molar-refractivity contribution in [1.82, 2.24) is 10.2 Å². The van der Waals surface area contributed by atoms with Crippen LogP contribution >= 0.6 is 0 Å². The number of hydrogen-bond acceptors (Lipinski definition) is 2. The minimum atomic E-state index is 0.332. The second-order valence-corrected chi connectivity index (χ2v) is 7.27. The van der Waals surface area contributed by atoms with Crippen molar-refractivity contribution >= 4 is 0 Å². The van der Waals surface area contributed by atoms with E-state index in [9.17, 15) is 0 Å². The van der Waals surface area contributed by atoms with Gasteiger partial charge in [0, 0.05) is 30.7 Å². The molecule has 18 heavy (non-hydrogen) atoms. The van der Waals surface area contributed by atoms with Crippen LogP contribution in [0.1, 0.15) is 67.7 Å². The van der Waals surface area contributed by atoms with Gasteiger partial charge in [0.1, 0.15) is 0 Å². The quantitative estimate of drug-likeness (QED) is 0.823. The van der Waals surface area contributed by atoms with E-state index in [1.165, 1.54) is 25.8 Å². The van der Waals surface area contributed by atoms with Crippen LogP contribution in [-0.2, 0) is 0 Å². The van der Waals surface area contributed by atoms with E-state index in [2.05, 4.69) is 58.7 Å². The summed E-state index contributed by atoms with van der Waals surface area (Å²) in [6, 6.07) is 1.35. The van der Waals surface area contributed by atoms with Gasteiger partial charge in [0.25, 0.3) is 0 Å². The van der Waals surface area contributed by atoms with Crippen LogP contribution in [0.25, 0.3) is 0 Å². The molecule has 1 saturated heterocycles. The molecule has 2 unspecified atom stereocenters. The molecule has 0 aromatic carbocycles. The molecule has 0 amide bonds. The lowest BCUT2D eigenvalue weighted by Gasteiger charge is -2.53. The van der Waals surface area contributed by atoms with Crippen LogP contribution in [0.5, 0.6) is 0 Å². The summed E-state index contributed by atoms with van der Waals surface area (Å²) in [6.07, 6.45) is 3.76. The van der Waals surface area contributed by atoms with Gasteiger partial charge in [-0.15, -0.1) is 0 Å². The van der Waals surface area contributed by atoms with Gasteiger partial charge in [-0.3, -0.25) is 4.90 Å². The van der Waals surface area contributed by atoms with Crippen LogP contribution in [-0.4, -0.2) is 35.6 Å². The van der Waals surface area contributed by atoms with Crippen molar-refractivity contribution < 1.29 is 0 Å². The number of piperazine rings is 1. The van der Waals surface area contributed by atoms with Gasteiger partial charge in [0.05, 0.1) is 0 Å². The summed E-state index contributed by atoms with van der Waals surface area (Å²) in [4.78, 5) is 2.79. The topological polar surface area (TPSA) is 15.3 Å². The van der Waals surface area contributed by atoms with Gasteiger partial charge >= 0.3 is 0 Å². The fourth-order valence-corrected chi connectivity index (χ4v) is 3.15. The van der Waals surface area contributed by atoms with Gasteiger partial charge < -0.3 is 5.32 Å². The molecule has 108 valence electrons. The molecule has 1 aliphatic rings. The highest BCUT2D eigenvalue weighted by Gasteiger charge is 2.41. The van der Waals surface area contributed by atoms with Gasteiger partial charge in [-0.25, -0.2) is 0 Å². The third-order valence-corrected chi connectivity index (χ3v) is 4.99. The lowest BCUT2D eigenvalue weighted by atomic mass is 9.80. The van der Waals surface area contributed by atoms with Crippen LogP contribution in [0.2, 0.25) is 0 Å². The Kier molecular flexibility index (Phi) is 5.25. The summed E-state index contributed by atoms with van der Waals surface area (Å²) in [5.41, 5.74) is 0.678. The molecule has 0 bridgehead atoms. The molecule has 0 aromatic heterocycles. The maximum atomic E-state index is 3.79. The SMILES string of the molecule is CCC(CC)N1CC(C(C)(C)C)NCC1(C)CC. The van der Waals surface area contributed by atoms with E-state index >= 15 is 0 Å². The first kappa shape index (κ1) is 16.0. The summed E-state index contributed by atoms with van der Waals surface area (Å²) in [5.74, 6) is 0. The molecule has 2 atom stereocenters. The minimum absolute atomic E-state index is 0.332. The zero-order chi connectivity index (χ0) is 14.0. The van der Waals surface area contributed by atoms with Gasteiger partial charge in [-0.05, 0) is 31.6 Å². The average molecular weight is 254 g/mol. The van der Waals surface area contributed by atoms with Crippen molar-refractivity contribution in [2.24, 2.45) is 5.41 Å². The van der Waals surface area contributed by atoms with E-state index in [0.717, 1.165) is 12.6 Å². The molecule has 1 rings (SSSR count). The molecule has 1 N–H and O–H groups in total. The minimum Gasteiger partial charge on any atom is -0.310 e. The second-order valence-electron chi connectivity index (χ2n) is 7.27. The Morgan fingerprint density at radius 1 is 1.22 bits per heavy atom. The van der Waals surface area contributed by atoms with Crippen molar-refractivity contribution in [3.05, 3.63) is 0 Å². The van der Waals surface area contributed by atoms with E-state index in [0.29, 0.717) is 17.0 Å². The van der Waals surface area contributed by atoms with Gasteiger partial charge in [0.2, 0.25) is 0 Å². The first-order chi connectivity index (χ1) is 8.28. The van der Waals surface area contributed by atoms with Gasteiger partial charge in [0.15, 0.2) is 0 Å². The van der Waals surface area contributed by atoms with Crippen molar-refractivity contribution in [3.63, 3.8) is 0 Å². The van der Waals surface area contributed by atoms with E-state index in [4.69, 9.17) is 0 Å². The number of hydrogen-bond donors (Lipinski definition) is 1. The van der Waals surface area contributed by atoms with E-state index < -0.39 is 0 Å².